The smallest absolute Gasteiger partial charge is 0.283 e. The van der Waals surface area contributed by atoms with Crippen LogP contribution >= 0.6 is 9.24 Å². The first-order valence-corrected chi connectivity index (χ1v) is 11.7. The number of fused-ring (bicyclic) bond motifs is 1. The fourth-order valence-electron chi connectivity index (χ4n) is 3.39. The van der Waals surface area contributed by atoms with Gasteiger partial charge in [0.25, 0.3) is 11.6 Å². The molecule has 0 saturated carbocycles. The number of benzene rings is 3. The molecule has 0 bridgehead atoms. The standard InChI is InChI=1S/C25H21F2N2O3P.C2H6/c26-25(27,33)18-8-10-19(11-9-18)32-23-6-3-4-16-14-17(7-12-20(16)23)24(31)29-22(15-30)21-5-1-2-13-28-21;1-2/h1-14,22,30H,15,33H2,(H,29,31);1-2H3. The Hall–Kier alpha value is -3.41. The molecule has 2 atom stereocenters. The highest BCUT2D eigenvalue weighted by atomic mass is 31.0. The molecule has 0 radical (unpaired) electrons. The molecule has 3 aromatic carbocycles. The average Bonchev–Trinajstić information content (AvgIpc) is 2.88. The predicted molar refractivity (Wildman–Crippen MR) is 137 cm³/mol. The molecule has 2 unspecified atom stereocenters. The zero-order chi connectivity index (χ0) is 25.4. The molecule has 0 saturated heterocycles. The molecule has 1 aromatic heterocycles. The second-order valence-corrected chi connectivity index (χ2v) is 8.13. The number of aliphatic hydroxyl groups excluding tert-OH is 1. The number of pyridine rings is 1. The third-order valence-corrected chi connectivity index (χ3v) is 5.44. The van der Waals surface area contributed by atoms with Gasteiger partial charge in [0.15, 0.2) is 0 Å². The van der Waals surface area contributed by atoms with Crippen molar-refractivity contribution in [3.05, 3.63) is 102 Å². The maximum atomic E-state index is 13.4. The Kier molecular flexibility index (Phi) is 8.85. The van der Waals surface area contributed by atoms with Crippen molar-refractivity contribution in [2.24, 2.45) is 0 Å². The number of carbonyl (C=O) groups excluding carboxylic acids is 1. The van der Waals surface area contributed by atoms with E-state index in [0.717, 1.165) is 10.8 Å². The summed E-state index contributed by atoms with van der Waals surface area (Å²) >= 11 is 0. The Morgan fingerprint density at radius 1 is 1.06 bits per heavy atom. The highest BCUT2D eigenvalue weighted by Crippen LogP contribution is 2.36. The average molecular weight is 496 g/mol. The summed E-state index contributed by atoms with van der Waals surface area (Å²) in [6, 6.07) is 20.8. The van der Waals surface area contributed by atoms with E-state index < -0.39 is 11.7 Å². The van der Waals surface area contributed by atoms with E-state index in [1.165, 1.54) is 33.5 Å². The van der Waals surface area contributed by atoms with Crippen molar-refractivity contribution in [1.82, 2.24) is 10.3 Å². The van der Waals surface area contributed by atoms with Crippen molar-refractivity contribution < 1.29 is 23.4 Å². The fourth-order valence-corrected chi connectivity index (χ4v) is 3.59. The zero-order valence-corrected chi connectivity index (χ0v) is 20.6. The summed E-state index contributed by atoms with van der Waals surface area (Å²) in [7, 11) is 1.51. The molecule has 1 heterocycles. The summed E-state index contributed by atoms with van der Waals surface area (Å²) in [6.07, 6.45) is 1.60. The van der Waals surface area contributed by atoms with Gasteiger partial charge in [0.05, 0.1) is 18.3 Å². The number of rotatable bonds is 7. The number of nitrogens with one attached hydrogen (secondary N) is 1. The molecule has 0 aliphatic rings. The van der Waals surface area contributed by atoms with Crippen molar-refractivity contribution in [3.8, 4) is 11.5 Å². The molecular weight excluding hydrogens is 469 g/mol. The monoisotopic (exact) mass is 496 g/mol. The summed E-state index contributed by atoms with van der Waals surface area (Å²) in [5.74, 6) is 0.608. The van der Waals surface area contributed by atoms with E-state index >= 15 is 0 Å². The number of halogens is 2. The highest BCUT2D eigenvalue weighted by Gasteiger charge is 2.24. The topological polar surface area (TPSA) is 71.5 Å². The Labute approximate surface area is 205 Å². The first-order valence-electron chi connectivity index (χ1n) is 11.2. The van der Waals surface area contributed by atoms with Gasteiger partial charge in [0.1, 0.15) is 11.5 Å². The van der Waals surface area contributed by atoms with Gasteiger partial charge < -0.3 is 15.2 Å². The molecule has 0 fully saturated rings. The number of hydrogen-bond acceptors (Lipinski definition) is 4. The Morgan fingerprint density at radius 3 is 2.43 bits per heavy atom. The molecule has 182 valence electrons. The van der Waals surface area contributed by atoms with E-state index in [9.17, 15) is 18.7 Å². The van der Waals surface area contributed by atoms with E-state index in [0.29, 0.717) is 22.8 Å². The van der Waals surface area contributed by atoms with Crippen LogP contribution in [0.2, 0.25) is 0 Å². The van der Waals surface area contributed by atoms with Crippen LogP contribution in [0, 0.1) is 0 Å². The summed E-state index contributed by atoms with van der Waals surface area (Å²) < 4.78 is 32.7. The number of hydrogen-bond donors (Lipinski definition) is 2. The molecule has 35 heavy (non-hydrogen) atoms. The number of ether oxygens (including phenoxy) is 1. The van der Waals surface area contributed by atoms with Gasteiger partial charge in [-0.2, -0.15) is 8.78 Å². The zero-order valence-electron chi connectivity index (χ0n) is 19.4. The molecule has 4 aromatic rings. The minimum absolute atomic E-state index is 0.125. The van der Waals surface area contributed by atoms with E-state index in [-0.39, 0.29) is 18.1 Å². The van der Waals surface area contributed by atoms with Crippen LogP contribution in [-0.2, 0) is 5.66 Å². The van der Waals surface area contributed by atoms with E-state index in [1.807, 2.05) is 19.9 Å². The van der Waals surface area contributed by atoms with Gasteiger partial charge in [0.2, 0.25) is 0 Å². The molecule has 1 amide bonds. The predicted octanol–water partition coefficient (Wildman–Crippen LogP) is 6.44. The summed E-state index contributed by atoms with van der Waals surface area (Å²) in [4.78, 5) is 17.0. The number of nitrogens with zero attached hydrogens (tertiary/aromatic N) is 1. The van der Waals surface area contributed by atoms with E-state index in [1.54, 1.807) is 54.7 Å². The van der Waals surface area contributed by atoms with Crippen LogP contribution in [0.15, 0.2) is 85.1 Å². The van der Waals surface area contributed by atoms with Crippen molar-refractivity contribution in [3.63, 3.8) is 0 Å². The third-order valence-electron chi connectivity index (χ3n) is 5.10. The number of aromatic nitrogens is 1. The van der Waals surface area contributed by atoms with Gasteiger partial charge in [-0.25, -0.2) is 0 Å². The normalized spacial score (nSPS) is 11.8. The lowest BCUT2D eigenvalue weighted by molar-refractivity contribution is 0.0914. The Bertz CT molecular complexity index is 1260. The summed E-state index contributed by atoms with van der Waals surface area (Å²) in [6.45, 7) is 3.72. The lowest BCUT2D eigenvalue weighted by atomic mass is 10.0. The third kappa shape index (κ3) is 6.59. The maximum Gasteiger partial charge on any atom is 0.283 e. The van der Waals surface area contributed by atoms with Crippen LogP contribution in [-0.4, -0.2) is 22.6 Å². The van der Waals surface area contributed by atoms with Crippen LogP contribution in [0.4, 0.5) is 8.78 Å². The lowest BCUT2D eigenvalue weighted by Crippen LogP contribution is -2.31. The number of aliphatic hydroxyl groups is 1. The molecule has 0 aliphatic carbocycles. The summed E-state index contributed by atoms with van der Waals surface area (Å²) in [5.41, 5.74) is -2.14. The van der Waals surface area contributed by atoms with Gasteiger partial charge in [-0.15, -0.1) is 0 Å². The first kappa shape index (κ1) is 26.2. The lowest BCUT2D eigenvalue weighted by Gasteiger charge is -2.16. The van der Waals surface area contributed by atoms with Crippen molar-refractivity contribution in [1.29, 1.82) is 0 Å². The van der Waals surface area contributed by atoms with Gasteiger partial charge >= 0.3 is 0 Å². The molecule has 5 nitrogen and oxygen atoms in total. The summed E-state index contributed by atoms with van der Waals surface area (Å²) in [5, 5.41) is 14.0. The van der Waals surface area contributed by atoms with Gasteiger partial charge in [-0.1, -0.05) is 41.3 Å². The Morgan fingerprint density at radius 2 is 1.80 bits per heavy atom. The Balaban J connectivity index is 0.00000167. The minimum Gasteiger partial charge on any atom is -0.457 e. The molecule has 4 rings (SSSR count). The molecule has 8 heteroatoms. The SMILES string of the molecule is CC.O=C(NC(CO)c1ccccn1)c1ccc2c(Oc3ccc(C(F)(F)P)cc3)cccc2c1. The number of carbonyl (C=O) groups is 1. The van der Waals surface area contributed by atoms with E-state index in [2.05, 4.69) is 10.3 Å². The van der Waals surface area contributed by atoms with Crippen LogP contribution in [0.3, 0.4) is 0 Å². The van der Waals surface area contributed by atoms with Crippen molar-refractivity contribution in [2.45, 2.75) is 25.6 Å². The fraction of sp³-hybridized carbons (Fsp3) is 0.185. The van der Waals surface area contributed by atoms with Crippen LogP contribution in [0.5, 0.6) is 11.5 Å². The highest BCUT2D eigenvalue weighted by molar-refractivity contribution is 7.17. The quantitative estimate of drug-likeness (QED) is 0.289. The second kappa shape index (κ2) is 11.8. The van der Waals surface area contributed by atoms with E-state index in [4.69, 9.17) is 4.74 Å². The molecule has 2 N–H and O–H groups in total. The number of amides is 1. The first-order chi connectivity index (χ1) is 16.8. The second-order valence-electron chi connectivity index (χ2n) is 7.40. The van der Waals surface area contributed by atoms with Crippen molar-refractivity contribution in [2.75, 3.05) is 6.61 Å². The van der Waals surface area contributed by atoms with Crippen LogP contribution in [0.1, 0.15) is 41.5 Å². The minimum atomic E-state index is -3.00. The van der Waals surface area contributed by atoms with Gasteiger partial charge in [-0.05, 0) is 66.0 Å². The number of alkyl halides is 2. The van der Waals surface area contributed by atoms with Crippen LogP contribution < -0.4 is 10.1 Å². The molecule has 0 aliphatic heterocycles. The van der Waals surface area contributed by atoms with Crippen LogP contribution in [0.25, 0.3) is 10.8 Å². The van der Waals surface area contributed by atoms with Gasteiger partial charge in [-0.3, -0.25) is 9.78 Å². The van der Waals surface area contributed by atoms with Gasteiger partial charge in [0, 0.05) is 22.7 Å². The largest absolute Gasteiger partial charge is 0.457 e. The van der Waals surface area contributed by atoms with Crippen molar-refractivity contribution >= 4 is 25.9 Å². The maximum absolute atomic E-state index is 13.4. The molecule has 0 spiro atoms. The molecular formula is C27H27F2N2O3P.